The molecule has 0 saturated carbocycles. The van der Waals surface area contributed by atoms with Crippen LogP contribution < -0.4 is 0 Å². The Hall–Kier alpha value is 0.140. The highest BCUT2D eigenvalue weighted by Crippen LogP contribution is 2.20. The van der Waals surface area contributed by atoms with Crippen molar-refractivity contribution in [2.75, 3.05) is 0 Å². The van der Waals surface area contributed by atoms with E-state index in [4.69, 9.17) is 0 Å². The highest BCUT2D eigenvalue weighted by atomic mass is 127. The van der Waals surface area contributed by atoms with Gasteiger partial charge in [0.05, 0.1) is 0 Å². The summed E-state index contributed by atoms with van der Waals surface area (Å²) in [6, 6.07) is 0. The van der Waals surface area contributed by atoms with Crippen LogP contribution in [0, 0.1) is 0 Å². The van der Waals surface area contributed by atoms with Crippen LogP contribution in [0.1, 0.15) is 20.3 Å². The zero-order valence-electron chi connectivity index (χ0n) is 5.69. The van der Waals surface area contributed by atoms with Gasteiger partial charge in [-0.25, -0.2) is 0 Å². The third-order valence-electron chi connectivity index (χ3n) is 1.42. The van der Waals surface area contributed by atoms with E-state index in [-0.39, 0.29) is 0 Å². The molecule has 0 spiro atoms. The van der Waals surface area contributed by atoms with Gasteiger partial charge in [0.2, 0.25) is 0 Å². The fraction of sp³-hybridized carbons (Fsp3) is 0.571. The maximum atomic E-state index is 4.19. The maximum absolute atomic E-state index is 4.19. The molecule has 1 heterocycles. The van der Waals surface area contributed by atoms with Gasteiger partial charge in [0.1, 0.15) is 0 Å². The van der Waals surface area contributed by atoms with E-state index in [0.29, 0.717) is 3.92 Å². The molecule has 1 rings (SSSR count). The molecular formula is C7H10IN. The summed E-state index contributed by atoms with van der Waals surface area (Å²) in [5, 5.41) is 0. The average Bonchev–Trinajstić information content (AvgIpc) is 2.14. The molecule has 0 amide bonds. The Kier molecular flexibility index (Phi) is 2.27. The standard InChI is InChI=1S/C7H10IN/c1-5-3-7(4-9-5)6(2)8/h4,6H,3H2,1-2H3. The summed E-state index contributed by atoms with van der Waals surface area (Å²) in [6.45, 7) is 4.27. The summed E-state index contributed by atoms with van der Waals surface area (Å²) in [6.07, 6.45) is 3.08. The SMILES string of the molecule is CC1=NC=C(C(C)I)C1. The minimum Gasteiger partial charge on any atom is -0.266 e. The van der Waals surface area contributed by atoms with Gasteiger partial charge in [-0.05, 0) is 19.4 Å². The third-order valence-corrected chi connectivity index (χ3v) is 2.22. The monoisotopic (exact) mass is 235 g/mol. The number of alkyl halides is 1. The summed E-state index contributed by atoms with van der Waals surface area (Å²) in [5.74, 6) is 0. The van der Waals surface area contributed by atoms with Crippen LogP contribution in [-0.4, -0.2) is 9.64 Å². The first-order valence-electron chi connectivity index (χ1n) is 3.06. The van der Waals surface area contributed by atoms with E-state index in [1.807, 2.05) is 6.20 Å². The van der Waals surface area contributed by atoms with E-state index < -0.39 is 0 Å². The topological polar surface area (TPSA) is 12.4 Å². The number of aliphatic imine (C=N–C) groups is 1. The Balaban J connectivity index is 2.54. The van der Waals surface area contributed by atoms with Crippen molar-refractivity contribution in [2.24, 2.45) is 4.99 Å². The Morgan fingerprint density at radius 3 is 2.67 bits per heavy atom. The van der Waals surface area contributed by atoms with Crippen molar-refractivity contribution in [2.45, 2.75) is 24.2 Å². The molecule has 0 saturated heterocycles. The second-order valence-corrected chi connectivity index (χ2v) is 4.23. The minimum atomic E-state index is 0.642. The minimum absolute atomic E-state index is 0.642. The van der Waals surface area contributed by atoms with Crippen molar-refractivity contribution < 1.29 is 0 Å². The maximum Gasteiger partial charge on any atom is 0.0312 e. The van der Waals surface area contributed by atoms with Crippen LogP contribution in [-0.2, 0) is 0 Å². The molecule has 1 aliphatic heterocycles. The van der Waals surface area contributed by atoms with Gasteiger partial charge in [-0.3, -0.25) is 4.99 Å². The van der Waals surface area contributed by atoms with E-state index >= 15 is 0 Å². The molecule has 0 radical (unpaired) electrons. The number of nitrogens with zero attached hydrogens (tertiary/aromatic N) is 1. The molecule has 0 bridgehead atoms. The first kappa shape index (κ1) is 7.25. The zero-order valence-corrected chi connectivity index (χ0v) is 7.84. The third kappa shape index (κ3) is 1.78. The van der Waals surface area contributed by atoms with Gasteiger partial charge in [-0.2, -0.15) is 0 Å². The highest BCUT2D eigenvalue weighted by Gasteiger charge is 2.09. The fourth-order valence-electron chi connectivity index (χ4n) is 0.823. The molecule has 2 heteroatoms. The lowest BCUT2D eigenvalue weighted by Gasteiger charge is -2.01. The smallest absolute Gasteiger partial charge is 0.0312 e. The van der Waals surface area contributed by atoms with Crippen LogP contribution in [0.15, 0.2) is 16.8 Å². The lowest BCUT2D eigenvalue weighted by Crippen LogP contribution is -1.96. The molecule has 0 aromatic rings. The molecule has 1 nitrogen and oxygen atoms in total. The van der Waals surface area contributed by atoms with Crippen LogP contribution in [0.5, 0.6) is 0 Å². The summed E-state index contributed by atoms with van der Waals surface area (Å²) in [5.41, 5.74) is 2.70. The van der Waals surface area contributed by atoms with Gasteiger partial charge in [0.15, 0.2) is 0 Å². The summed E-state index contributed by atoms with van der Waals surface area (Å²) >= 11 is 2.41. The number of allylic oxidation sites excluding steroid dienone is 1. The summed E-state index contributed by atoms with van der Waals surface area (Å²) in [7, 11) is 0. The lowest BCUT2D eigenvalue weighted by molar-refractivity contribution is 1.12. The van der Waals surface area contributed by atoms with Crippen LogP contribution in [0.3, 0.4) is 0 Å². The Morgan fingerprint density at radius 1 is 1.78 bits per heavy atom. The summed E-state index contributed by atoms with van der Waals surface area (Å²) < 4.78 is 0.642. The highest BCUT2D eigenvalue weighted by molar-refractivity contribution is 14.1. The van der Waals surface area contributed by atoms with Crippen molar-refractivity contribution in [3.63, 3.8) is 0 Å². The van der Waals surface area contributed by atoms with Gasteiger partial charge in [-0.1, -0.05) is 22.6 Å². The Morgan fingerprint density at radius 2 is 2.44 bits per heavy atom. The van der Waals surface area contributed by atoms with Crippen molar-refractivity contribution >= 4 is 28.3 Å². The normalized spacial score (nSPS) is 21.2. The zero-order chi connectivity index (χ0) is 6.85. The largest absolute Gasteiger partial charge is 0.266 e. The first-order chi connectivity index (χ1) is 4.20. The first-order valence-corrected chi connectivity index (χ1v) is 4.31. The Bertz CT molecular complexity index is 168. The molecule has 1 aliphatic rings. The van der Waals surface area contributed by atoms with Crippen molar-refractivity contribution in [3.8, 4) is 0 Å². The molecule has 0 aromatic carbocycles. The van der Waals surface area contributed by atoms with Crippen molar-refractivity contribution in [1.29, 1.82) is 0 Å². The van der Waals surface area contributed by atoms with Crippen LogP contribution in [0.25, 0.3) is 0 Å². The predicted octanol–water partition coefficient (Wildman–Crippen LogP) is 2.56. The predicted molar refractivity (Wildman–Crippen MR) is 49.3 cm³/mol. The van der Waals surface area contributed by atoms with Crippen molar-refractivity contribution in [1.82, 2.24) is 0 Å². The van der Waals surface area contributed by atoms with Crippen LogP contribution in [0.2, 0.25) is 0 Å². The quantitative estimate of drug-likeness (QED) is 0.489. The lowest BCUT2D eigenvalue weighted by atomic mass is 10.1. The fourth-order valence-corrected chi connectivity index (χ4v) is 1.20. The molecule has 0 aliphatic carbocycles. The second-order valence-electron chi connectivity index (χ2n) is 2.36. The average molecular weight is 235 g/mol. The van der Waals surface area contributed by atoms with Crippen molar-refractivity contribution in [3.05, 3.63) is 11.8 Å². The van der Waals surface area contributed by atoms with E-state index in [1.54, 1.807) is 0 Å². The summed E-state index contributed by atoms with van der Waals surface area (Å²) in [4.78, 5) is 4.19. The molecule has 9 heavy (non-hydrogen) atoms. The molecule has 1 unspecified atom stereocenters. The second kappa shape index (κ2) is 2.82. The molecular weight excluding hydrogens is 225 g/mol. The molecule has 0 aromatic heterocycles. The number of halogens is 1. The van der Waals surface area contributed by atoms with Crippen LogP contribution in [0.4, 0.5) is 0 Å². The molecule has 0 N–H and O–H groups in total. The van der Waals surface area contributed by atoms with Gasteiger partial charge in [0, 0.05) is 22.3 Å². The number of hydrogen-bond acceptors (Lipinski definition) is 1. The van der Waals surface area contributed by atoms with E-state index in [9.17, 15) is 0 Å². The van der Waals surface area contributed by atoms with Gasteiger partial charge in [-0.15, -0.1) is 0 Å². The van der Waals surface area contributed by atoms with Gasteiger partial charge in [0.25, 0.3) is 0 Å². The molecule has 0 fully saturated rings. The van der Waals surface area contributed by atoms with E-state index in [2.05, 4.69) is 41.4 Å². The van der Waals surface area contributed by atoms with E-state index in [0.717, 1.165) is 6.42 Å². The molecule has 1 atom stereocenters. The number of hydrogen-bond donors (Lipinski definition) is 0. The van der Waals surface area contributed by atoms with E-state index in [1.165, 1.54) is 11.3 Å². The van der Waals surface area contributed by atoms with Gasteiger partial charge < -0.3 is 0 Å². The molecule has 50 valence electrons. The number of rotatable bonds is 1. The van der Waals surface area contributed by atoms with Gasteiger partial charge >= 0.3 is 0 Å². The Labute approximate surface area is 69.4 Å². The van der Waals surface area contributed by atoms with Crippen LogP contribution >= 0.6 is 22.6 Å².